The summed E-state index contributed by atoms with van der Waals surface area (Å²) >= 11 is 0. The molecule has 146 valence electrons. The number of sulfonamides is 1. The average Bonchev–Trinajstić information content (AvgIpc) is 3.43. The number of carbonyl (C=O) groups is 3. The van der Waals surface area contributed by atoms with Crippen LogP contribution in [0.1, 0.15) is 25.3 Å². The number of anilines is 1. The fourth-order valence-electron chi connectivity index (χ4n) is 3.22. The Balaban J connectivity index is 1.72. The molecule has 3 N–H and O–H groups in total. The highest BCUT2D eigenvalue weighted by Gasteiger charge is 2.56. The molecule has 1 atom stereocenters. The second-order valence-electron chi connectivity index (χ2n) is 7.03. The van der Waals surface area contributed by atoms with Gasteiger partial charge in [0, 0.05) is 5.69 Å². The molecule has 0 unspecified atom stereocenters. The van der Waals surface area contributed by atoms with Gasteiger partial charge in [-0.15, -0.1) is 0 Å². The van der Waals surface area contributed by atoms with E-state index < -0.39 is 40.0 Å². The van der Waals surface area contributed by atoms with Gasteiger partial charge in [-0.2, -0.15) is 0 Å². The number of amides is 4. The van der Waals surface area contributed by atoms with Crippen molar-refractivity contribution in [2.24, 2.45) is 5.92 Å². The Kier molecular flexibility index (Phi) is 4.73. The van der Waals surface area contributed by atoms with Crippen molar-refractivity contribution in [3.63, 3.8) is 0 Å². The van der Waals surface area contributed by atoms with Gasteiger partial charge in [0.05, 0.1) is 4.90 Å². The van der Waals surface area contributed by atoms with Crippen LogP contribution in [0.15, 0.2) is 23.1 Å². The maximum atomic E-state index is 12.6. The molecule has 10 heteroatoms. The Labute approximate surface area is 157 Å². The lowest BCUT2D eigenvalue weighted by atomic mass is 9.96. The third-order valence-electron chi connectivity index (χ3n) is 5.03. The van der Waals surface area contributed by atoms with E-state index >= 15 is 0 Å². The van der Waals surface area contributed by atoms with Crippen molar-refractivity contribution in [3.05, 3.63) is 23.8 Å². The lowest BCUT2D eigenvalue weighted by Gasteiger charge is -2.20. The highest BCUT2D eigenvalue weighted by molar-refractivity contribution is 7.89. The predicted octanol–water partition coefficient (Wildman–Crippen LogP) is 0.562. The van der Waals surface area contributed by atoms with E-state index in [9.17, 15) is 22.8 Å². The number of hydrogen-bond acceptors (Lipinski definition) is 5. The van der Waals surface area contributed by atoms with Gasteiger partial charge in [-0.1, -0.05) is 6.07 Å². The Morgan fingerprint density at radius 2 is 2.00 bits per heavy atom. The van der Waals surface area contributed by atoms with Crippen LogP contribution < -0.4 is 15.4 Å². The zero-order valence-corrected chi connectivity index (χ0v) is 16.1. The Morgan fingerprint density at radius 1 is 1.33 bits per heavy atom. The van der Waals surface area contributed by atoms with Crippen molar-refractivity contribution in [1.82, 2.24) is 14.9 Å². The van der Waals surface area contributed by atoms with Crippen LogP contribution in [0.2, 0.25) is 0 Å². The Hall–Kier alpha value is -2.46. The smallest absolute Gasteiger partial charge is 0.324 e. The van der Waals surface area contributed by atoms with Crippen LogP contribution >= 0.6 is 0 Å². The minimum Gasteiger partial charge on any atom is -0.324 e. The molecule has 1 aromatic rings. The first-order valence-electron chi connectivity index (χ1n) is 8.56. The summed E-state index contributed by atoms with van der Waals surface area (Å²) in [6.07, 6.45) is 1.74. The van der Waals surface area contributed by atoms with Crippen LogP contribution in [0.4, 0.5) is 10.5 Å². The molecule has 0 bridgehead atoms. The van der Waals surface area contributed by atoms with Gasteiger partial charge in [-0.3, -0.25) is 14.5 Å². The zero-order chi connectivity index (χ0) is 20.0. The van der Waals surface area contributed by atoms with Crippen molar-refractivity contribution < 1.29 is 22.8 Å². The van der Waals surface area contributed by atoms with Crippen LogP contribution in [0.25, 0.3) is 0 Å². The fraction of sp³-hybridized carbons (Fsp3) is 0.471. The second kappa shape index (κ2) is 6.61. The number of aryl methyl sites for hydroxylation is 1. The predicted molar refractivity (Wildman–Crippen MR) is 97.4 cm³/mol. The number of carbonyl (C=O) groups excluding carboxylic acids is 3. The number of hydrogen-bond donors (Lipinski definition) is 3. The monoisotopic (exact) mass is 394 g/mol. The number of nitrogens with one attached hydrogen (secondary N) is 3. The molecule has 1 heterocycles. The third kappa shape index (κ3) is 3.54. The molecule has 1 saturated carbocycles. The van der Waals surface area contributed by atoms with Crippen molar-refractivity contribution in [2.75, 3.05) is 18.9 Å². The average molecular weight is 394 g/mol. The number of nitrogens with zero attached hydrogens (tertiary/aromatic N) is 1. The standard InChI is InChI=1S/C17H22N4O5S/c1-10-4-7-12(8-13(10)27(25,26)18-3)19-14(22)9-21-15(23)17(2,11-5-6-11)20-16(21)24/h4,7-8,11,18H,5-6,9H2,1-3H3,(H,19,22)(H,20,24)/t17-/m1/s1. The van der Waals surface area contributed by atoms with E-state index in [0.29, 0.717) is 5.56 Å². The Morgan fingerprint density at radius 3 is 2.59 bits per heavy atom. The minimum absolute atomic E-state index is 0.0408. The Bertz CT molecular complexity index is 925. The molecule has 1 aliphatic carbocycles. The summed E-state index contributed by atoms with van der Waals surface area (Å²) in [5.41, 5.74) is -0.164. The van der Waals surface area contributed by atoms with E-state index in [1.807, 2.05) is 0 Å². The van der Waals surface area contributed by atoms with Gasteiger partial charge in [0.15, 0.2) is 0 Å². The molecule has 3 rings (SSSR count). The molecule has 1 aliphatic heterocycles. The topological polar surface area (TPSA) is 125 Å². The third-order valence-corrected chi connectivity index (χ3v) is 6.58. The quantitative estimate of drug-likeness (QED) is 0.608. The lowest BCUT2D eigenvalue weighted by Crippen LogP contribution is -2.46. The number of benzene rings is 1. The largest absolute Gasteiger partial charge is 0.325 e. The molecular formula is C17H22N4O5S. The van der Waals surface area contributed by atoms with Gasteiger partial charge in [0.2, 0.25) is 15.9 Å². The molecule has 2 fully saturated rings. The maximum absolute atomic E-state index is 12.6. The summed E-state index contributed by atoms with van der Waals surface area (Å²) in [5, 5.41) is 5.22. The first-order chi connectivity index (χ1) is 12.6. The number of rotatable bonds is 6. The normalized spacial score (nSPS) is 22.7. The molecule has 0 radical (unpaired) electrons. The highest BCUT2D eigenvalue weighted by Crippen LogP contribution is 2.42. The van der Waals surface area contributed by atoms with Crippen LogP contribution in [0.3, 0.4) is 0 Å². The van der Waals surface area contributed by atoms with Gasteiger partial charge in [0.1, 0.15) is 12.1 Å². The van der Waals surface area contributed by atoms with Crippen molar-refractivity contribution >= 4 is 33.6 Å². The van der Waals surface area contributed by atoms with Crippen LogP contribution in [0.5, 0.6) is 0 Å². The summed E-state index contributed by atoms with van der Waals surface area (Å²) in [7, 11) is -2.37. The van der Waals surface area contributed by atoms with Crippen LogP contribution in [-0.4, -0.2) is 50.3 Å². The second-order valence-corrected chi connectivity index (χ2v) is 8.89. The zero-order valence-electron chi connectivity index (χ0n) is 15.3. The summed E-state index contributed by atoms with van der Waals surface area (Å²) < 4.78 is 26.3. The molecule has 4 amide bonds. The molecular weight excluding hydrogens is 372 g/mol. The van der Waals surface area contributed by atoms with Gasteiger partial charge in [-0.25, -0.2) is 17.9 Å². The highest BCUT2D eigenvalue weighted by atomic mass is 32.2. The summed E-state index contributed by atoms with van der Waals surface area (Å²) in [4.78, 5) is 37.9. The van der Waals surface area contributed by atoms with E-state index in [-0.39, 0.29) is 16.5 Å². The van der Waals surface area contributed by atoms with E-state index in [2.05, 4.69) is 15.4 Å². The maximum Gasteiger partial charge on any atom is 0.325 e. The van der Waals surface area contributed by atoms with Crippen molar-refractivity contribution in [3.8, 4) is 0 Å². The van der Waals surface area contributed by atoms with Gasteiger partial charge < -0.3 is 10.6 Å². The first-order valence-corrected chi connectivity index (χ1v) is 10.0. The van der Waals surface area contributed by atoms with Crippen LogP contribution in [-0.2, 0) is 19.6 Å². The van der Waals surface area contributed by atoms with Gasteiger partial charge in [0.25, 0.3) is 5.91 Å². The van der Waals surface area contributed by atoms with Gasteiger partial charge >= 0.3 is 6.03 Å². The molecule has 27 heavy (non-hydrogen) atoms. The number of imide groups is 1. The first kappa shape index (κ1) is 19.3. The molecule has 1 saturated heterocycles. The molecule has 0 aromatic heterocycles. The van der Waals surface area contributed by atoms with Gasteiger partial charge in [-0.05, 0) is 57.4 Å². The summed E-state index contributed by atoms with van der Waals surface area (Å²) in [6.45, 7) is 2.88. The van der Waals surface area contributed by atoms with Crippen LogP contribution in [0, 0.1) is 12.8 Å². The number of urea groups is 1. The van der Waals surface area contributed by atoms with Crippen molar-refractivity contribution in [2.45, 2.75) is 37.1 Å². The van der Waals surface area contributed by atoms with E-state index in [1.54, 1.807) is 26.0 Å². The SMILES string of the molecule is CNS(=O)(=O)c1cc(NC(=O)CN2C(=O)N[C@](C)(C3CC3)C2=O)ccc1C. The van der Waals surface area contributed by atoms with Crippen molar-refractivity contribution in [1.29, 1.82) is 0 Å². The fourth-order valence-corrected chi connectivity index (χ4v) is 4.21. The minimum atomic E-state index is -3.68. The molecule has 9 nitrogen and oxygen atoms in total. The van der Waals surface area contributed by atoms with E-state index in [4.69, 9.17) is 0 Å². The molecule has 2 aliphatic rings. The van der Waals surface area contributed by atoms with E-state index in [1.165, 1.54) is 13.1 Å². The molecule has 0 spiro atoms. The summed E-state index contributed by atoms with van der Waals surface area (Å²) in [6, 6.07) is 3.87. The summed E-state index contributed by atoms with van der Waals surface area (Å²) in [5.74, 6) is -0.892. The van der Waals surface area contributed by atoms with E-state index in [0.717, 1.165) is 17.7 Å². The lowest BCUT2D eigenvalue weighted by molar-refractivity contribution is -0.134. The molecule has 1 aromatic carbocycles.